The Bertz CT molecular complexity index is 284. The molecule has 0 aromatic heterocycles. The summed E-state index contributed by atoms with van der Waals surface area (Å²) in [7, 11) is 0. The molecule has 1 atom stereocenters. The molecule has 1 unspecified atom stereocenters. The zero-order valence-corrected chi connectivity index (χ0v) is 13.6. The lowest BCUT2D eigenvalue weighted by molar-refractivity contribution is -0.138. The summed E-state index contributed by atoms with van der Waals surface area (Å²) < 4.78 is 37.5. The fraction of sp³-hybridized carbons (Fsp3) is 1.00. The van der Waals surface area contributed by atoms with Gasteiger partial charge in [-0.2, -0.15) is 13.2 Å². The van der Waals surface area contributed by atoms with Gasteiger partial charge >= 0.3 is 6.18 Å². The summed E-state index contributed by atoms with van der Waals surface area (Å²) in [6.45, 7) is 12.5. The Hall–Kier alpha value is -0.330. The Morgan fingerprint density at radius 2 is 1.67 bits per heavy atom. The average Bonchev–Trinajstić information content (AvgIpc) is 2.82. The summed E-state index contributed by atoms with van der Waals surface area (Å²) in [6.07, 6.45) is -3.74. The van der Waals surface area contributed by atoms with Crippen LogP contribution in [0.25, 0.3) is 0 Å². The molecule has 21 heavy (non-hydrogen) atoms. The molecule has 1 fully saturated rings. The summed E-state index contributed by atoms with van der Waals surface area (Å²) in [5.74, 6) is 0. The average molecular weight is 309 g/mol. The molecule has 0 bridgehead atoms. The molecule has 1 saturated heterocycles. The minimum absolute atomic E-state index is 0.106. The monoisotopic (exact) mass is 309 g/mol. The highest BCUT2D eigenvalue weighted by molar-refractivity contribution is 4.87. The molecule has 3 nitrogen and oxygen atoms in total. The van der Waals surface area contributed by atoms with Crippen LogP contribution in [0.5, 0.6) is 0 Å². The second-order valence-corrected chi connectivity index (χ2v) is 6.41. The molecule has 0 aromatic rings. The first kappa shape index (κ1) is 18.7. The maximum Gasteiger partial charge on any atom is 0.390 e. The van der Waals surface area contributed by atoms with Crippen molar-refractivity contribution in [2.24, 2.45) is 5.41 Å². The molecule has 1 rings (SSSR count). The van der Waals surface area contributed by atoms with Crippen LogP contribution in [0.4, 0.5) is 13.2 Å². The van der Waals surface area contributed by atoms with Crippen LogP contribution >= 0.6 is 0 Å². The van der Waals surface area contributed by atoms with E-state index in [0.29, 0.717) is 6.54 Å². The predicted molar refractivity (Wildman–Crippen MR) is 80.5 cm³/mol. The maximum absolute atomic E-state index is 12.5. The topological polar surface area (TPSA) is 18.5 Å². The first-order valence-corrected chi connectivity index (χ1v) is 8.00. The normalized spacial score (nSPS) is 23.4. The molecule has 6 heteroatoms. The quantitative estimate of drug-likeness (QED) is 0.706. The summed E-state index contributed by atoms with van der Waals surface area (Å²) in [4.78, 5) is 4.26. The number of likely N-dealkylation sites (N-methyl/N-ethyl adjacent to an activating group) is 1. The third kappa shape index (κ3) is 7.47. The molecule has 0 aliphatic carbocycles. The molecule has 0 radical (unpaired) electrons. The van der Waals surface area contributed by atoms with Gasteiger partial charge in [0.15, 0.2) is 0 Å². The second kappa shape index (κ2) is 8.34. The zero-order chi connectivity index (χ0) is 15.9. The Morgan fingerprint density at radius 1 is 1.05 bits per heavy atom. The lowest BCUT2D eigenvalue weighted by Crippen LogP contribution is -2.43. The van der Waals surface area contributed by atoms with Crippen LogP contribution < -0.4 is 5.32 Å². The van der Waals surface area contributed by atoms with Crippen molar-refractivity contribution < 1.29 is 13.2 Å². The van der Waals surface area contributed by atoms with Crippen LogP contribution in [0.1, 0.15) is 33.6 Å². The number of nitrogens with one attached hydrogen (secondary N) is 1. The van der Waals surface area contributed by atoms with Crippen molar-refractivity contribution in [2.75, 3.05) is 52.4 Å². The fourth-order valence-corrected chi connectivity index (χ4v) is 2.92. The maximum atomic E-state index is 12.5. The van der Waals surface area contributed by atoms with Gasteiger partial charge in [0.1, 0.15) is 0 Å². The van der Waals surface area contributed by atoms with E-state index in [1.54, 1.807) is 0 Å². The van der Waals surface area contributed by atoms with Gasteiger partial charge < -0.3 is 15.1 Å². The number of rotatable bonds is 9. The first-order valence-electron chi connectivity index (χ1n) is 8.00. The van der Waals surface area contributed by atoms with Gasteiger partial charge in [0.25, 0.3) is 0 Å². The summed E-state index contributed by atoms with van der Waals surface area (Å²) in [6, 6.07) is 0. The molecule has 1 heterocycles. The van der Waals surface area contributed by atoms with E-state index >= 15 is 0 Å². The molecule has 126 valence electrons. The van der Waals surface area contributed by atoms with Gasteiger partial charge in [-0.05, 0) is 31.5 Å². The third-order valence-electron chi connectivity index (χ3n) is 4.40. The highest BCUT2D eigenvalue weighted by Crippen LogP contribution is 2.27. The number of halogens is 3. The Labute approximate surface area is 126 Å². The van der Waals surface area contributed by atoms with E-state index in [2.05, 4.69) is 31.0 Å². The molecule has 0 amide bonds. The van der Waals surface area contributed by atoms with E-state index in [4.69, 9.17) is 0 Å². The van der Waals surface area contributed by atoms with Crippen molar-refractivity contribution in [3.63, 3.8) is 0 Å². The van der Waals surface area contributed by atoms with Crippen LogP contribution in [0.3, 0.4) is 0 Å². The van der Waals surface area contributed by atoms with Crippen molar-refractivity contribution in [1.82, 2.24) is 15.1 Å². The van der Waals surface area contributed by atoms with Crippen molar-refractivity contribution in [3.05, 3.63) is 0 Å². The molecular weight excluding hydrogens is 279 g/mol. The Kier molecular flexibility index (Phi) is 7.44. The molecule has 1 N–H and O–H groups in total. The van der Waals surface area contributed by atoms with E-state index < -0.39 is 12.6 Å². The number of hydrogen-bond acceptors (Lipinski definition) is 3. The lowest BCUT2D eigenvalue weighted by atomic mass is 9.89. The van der Waals surface area contributed by atoms with E-state index in [-0.39, 0.29) is 12.0 Å². The van der Waals surface area contributed by atoms with Crippen LogP contribution in [0.2, 0.25) is 0 Å². The van der Waals surface area contributed by atoms with Gasteiger partial charge in [0.05, 0.1) is 6.42 Å². The van der Waals surface area contributed by atoms with Crippen molar-refractivity contribution in [1.29, 1.82) is 0 Å². The SMILES string of the molecule is CCN(CC)CCN(CCC(F)(F)F)CC1(C)CCNC1. The van der Waals surface area contributed by atoms with E-state index in [1.165, 1.54) is 0 Å². The number of hydrogen-bond donors (Lipinski definition) is 1. The highest BCUT2D eigenvalue weighted by Gasteiger charge is 2.33. The summed E-state index contributed by atoms with van der Waals surface area (Å²) in [5, 5.41) is 3.32. The van der Waals surface area contributed by atoms with Gasteiger partial charge in [-0.15, -0.1) is 0 Å². The Balaban J connectivity index is 2.52. The lowest BCUT2D eigenvalue weighted by Gasteiger charge is -2.33. The molecule has 0 saturated carbocycles. The standard InChI is InChI=1S/C15H30F3N3/c1-4-20(5-2)10-11-21(9-7-15(16,17)18)13-14(3)6-8-19-12-14/h19H,4-13H2,1-3H3. The van der Waals surface area contributed by atoms with E-state index in [0.717, 1.165) is 45.7 Å². The Morgan fingerprint density at radius 3 is 2.14 bits per heavy atom. The van der Waals surface area contributed by atoms with Crippen molar-refractivity contribution in [2.45, 2.75) is 39.8 Å². The van der Waals surface area contributed by atoms with Crippen LogP contribution in [0.15, 0.2) is 0 Å². The van der Waals surface area contributed by atoms with Gasteiger partial charge in [-0.1, -0.05) is 20.8 Å². The van der Waals surface area contributed by atoms with Gasteiger partial charge in [-0.25, -0.2) is 0 Å². The first-order chi connectivity index (χ1) is 9.78. The van der Waals surface area contributed by atoms with Crippen LogP contribution in [0, 0.1) is 5.41 Å². The second-order valence-electron chi connectivity index (χ2n) is 6.41. The van der Waals surface area contributed by atoms with Crippen LogP contribution in [-0.4, -0.2) is 68.3 Å². The summed E-state index contributed by atoms with van der Waals surface area (Å²) in [5.41, 5.74) is 0.106. The van der Waals surface area contributed by atoms with Gasteiger partial charge in [0, 0.05) is 32.7 Å². The zero-order valence-electron chi connectivity index (χ0n) is 13.6. The predicted octanol–water partition coefficient (Wildman–Crippen LogP) is 2.58. The van der Waals surface area contributed by atoms with E-state index in [9.17, 15) is 13.2 Å². The summed E-state index contributed by atoms with van der Waals surface area (Å²) >= 11 is 0. The number of nitrogens with zero attached hydrogens (tertiary/aromatic N) is 2. The molecular formula is C15H30F3N3. The van der Waals surface area contributed by atoms with E-state index in [1.807, 2.05) is 4.90 Å². The minimum atomic E-state index is -4.07. The van der Waals surface area contributed by atoms with Crippen molar-refractivity contribution >= 4 is 0 Å². The minimum Gasteiger partial charge on any atom is -0.316 e. The molecule has 1 aliphatic rings. The number of alkyl halides is 3. The van der Waals surface area contributed by atoms with Crippen LogP contribution in [-0.2, 0) is 0 Å². The highest BCUT2D eigenvalue weighted by atomic mass is 19.4. The molecule has 1 aliphatic heterocycles. The third-order valence-corrected chi connectivity index (χ3v) is 4.40. The van der Waals surface area contributed by atoms with Crippen molar-refractivity contribution in [3.8, 4) is 0 Å². The van der Waals surface area contributed by atoms with Gasteiger partial charge in [0.2, 0.25) is 0 Å². The molecule has 0 aromatic carbocycles. The van der Waals surface area contributed by atoms with Gasteiger partial charge in [-0.3, -0.25) is 0 Å². The smallest absolute Gasteiger partial charge is 0.316 e. The largest absolute Gasteiger partial charge is 0.390 e. The fourth-order valence-electron chi connectivity index (χ4n) is 2.92. The molecule has 0 spiro atoms.